The van der Waals surface area contributed by atoms with Crippen molar-refractivity contribution in [2.45, 2.75) is 20.3 Å². The molecule has 2 N–H and O–H groups in total. The Labute approximate surface area is 127 Å². The Morgan fingerprint density at radius 3 is 2.61 bits per heavy atom. The van der Waals surface area contributed by atoms with E-state index in [2.05, 4.69) is 23.7 Å². The predicted octanol–water partition coefficient (Wildman–Crippen LogP) is 1.31. The monoisotopic (exact) mass is 371 g/mol. The largest absolute Gasteiger partial charge is 0.380 e. The zero-order chi connectivity index (χ0) is 12.5. The molecule has 0 aromatic carbocycles. The minimum Gasteiger partial charge on any atom is -0.380 e. The number of ether oxygens (including phenoxy) is 2. The summed E-state index contributed by atoms with van der Waals surface area (Å²) in [5.41, 5.74) is 5.88. The molecule has 0 spiro atoms. The fourth-order valence-electron chi connectivity index (χ4n) is 1.54. The third-order valence-corrected chi connectivity index (χ3v) is 2.68. The molecule has 1 aliphatic rings. The molecular weight excluding hydrogens is 345 g/mol. The summed E-state index contributed by atoms with van der Waals surface area (Å²) in [4.78, 5) is 6.36. The van der Waals surface area contributed by atoms with Crippen LogP contribution in [0.5, 0.6) is 0 Å². The van der Waals surface area contributed by atoms with Crippen molar-refractivity contribution >= 4 is 29.9 Å². The van der Waals surface area contributed by atoms with Crippen LogP contribution in [0.2, 0.25) is 0 Å². The lowest BCUT2D eigenvalue weighted by molar-refractivity contribution is 0.0672. The number of morpholine rings is 1. The van der Waals surface area contributed by atoms with Crippen molar-refractivity contribution in [1.82, 2.24) is 4.90 Å². The van der Waals surface area contributed by atoms with E-state index < -0.39 is 0 Å². The Bertz CT molecular complexity index is 231. The first kappa shape index (κ1) is 17.9. The van der Waals surface area contributed by atoms with Crippen molar-refractivity contribution in [1.29, 1.82) is 0 Å². The van der Waals surface area contributed by atoms with E-state index in [0.29, 0.717) is 25.0 Å². The maximum absolute atomic E-state index is 5.88. The second kappa shape index (κ2) is 10.8. The molecule has 1 saturated heterocycles. The quantitative estimate of drug-likeness (QED) is 0.331. The molecule has 0 atom stereocenters. The van der Waals surface area contributed by atoms with Crippen molar-refractivity contribution in [3.63, 3.8) is 0 Å². The minimum absolute atomic E-state index is 0. The Balaban J connectivity index is 0.00000289. The van der Waals surface area contributed by atoms with Gasteiger partial charge in [-0.1, -0.05) is 13.8 Å². The van der Waals surface area contributed by atoms with E-state index in [0.717, 1.165) is 39.3 Å². The van der Waals surface area contributed by atoms with E-state index in [1.807, 2.05) is 0 Å². The molecule has 1 heterocycles. The molecule has 0 bridgehead atoms. The maximum atomic E-state index is 5.88. The van der Waals surface area contributed by atoms with Crippen LogP contribution in [0.25, 0.3) is 0 Å². The van der Waals surface area contributed by atoms with Crippen LogP contribution >= 0.6 is 24.0 Å². The van der Waals surface area contributed by atoms with Crippen LogP contribution in [0, 0.1) is 5.92 Å². The average Bonchev–Trinajstić information content (AvgIpc) is 2.34. The van der Waals surface area contributed by atoms with Crippen LogP contribution in [0.15, 0.2) is 4.99 Å². The molecule has 5 nitrogen and oxygen atoms in total. The molecule has 0 aromatic rings. The third kappa shape index (κ3) is 8.10. The molecule has 0 amide bonds. The fraction of sp³-hybridized carbons (Fsp3) is 0.917. The summed E-state index contributed by atoms with van der Waals surface area (Å²) in [5, 5.41) is 0. The number of hydrogen-bond acceptors (Lipinski definition) is 3. The number of guanidine groups is 1. The van der Waals surface area contributed by atoms with Gasteiger partial charge in [0.05, 0.1) is 26.4 Å². The summed E-state index contributed by atoms with van der Waals surface area (Å²) in [6, 6.07) is 0. The molecule has 0 aromatic heterocycles. The average molecular weight is 371 g/mol. The van der Waals surface area contributed by atoms with E-state index in [9.17, 15) is 0 Å². The summed E-state index contributed by atoms with van der Waals surface area (Å²) < 4.78 is 10.7. The van der Waals surface area contributed by atoms with Gasteiger partial charge in [-0.2, -0.15) is 0 Å². The van der Waals surface area contributed by atoms with Gasteiger partial charge in [-0.15, -0.1) is 24.0 Å². The highest BCUT2D eigenvalue weighted by Crippen LogP contribution is 1.99. The van der Waals surface area contributed by atoms with Gasteiger partial charge in [-0.3, -0.25) is 4.99 Å². The van der Waals surface area contributed by atoms with E-state index in [-0.39, 0.29) is 24.0 Å². The number of aliphatic imine (C=N–C) groups is 1. The van der Waals surface area contributed by atoms with Crippen LogP contribution in [0.3, 0.4) is 0 Å². The topological polar surface area (TPSA) is 60.1 Å². The fourth-order valence-corrected chi connectivity index (χ4v) is 1.54. The normalized spacial score (nSPS) is 16.8. The molecule has 0 radical (unpaired) electrons. The highest BCUT2D eigenvalue weighted by atomic mass is 127. The highest BCUT2D eigenvalue weighted by molar-refractivity contribution is 14.0. The Hall–Kier alpha value is -0.0800. The summed E-state index contributed by atoms with van der Waals surface area (Å²) >= 11 is 0. The van der Waals surface area contributed by atoms with Crippen LogP contribution in [0.4, 0.5) is 0 Å². The van der Waals surface area contributed by atoms with E-state index in [1.165, 1.54) is 0 Å². The van der Waals surface area contributed by atoms with Gasteiger partial charge in [0.15, 0.2) is 5.96 Å². The molecule has 1 fully saturated rings. The van der Waals surface area contributed by atoms with Gasteiger partial charge in [-0.05, 0) is 12.3 Å². The molecule has 1 aliphatic heterocycles. The van der Waals surface area contributed by atoms with Gasteiger partial charge in [0, 0.05) is 19.7 Å². The molecule has 6 heteroatoms. The molecule has 18 heavy (non-hydrogen) atoms. The lowest BCUT2D eigenvalue weighted by Gasteiger charge is -2.27. The lowest BCUT2D eigenvalue weighted by atomic mass is 10.1. The van der Waals surface area contributed by atoms with Crippen molar-refractivity contribution in [2.24, 2.45) is 16.6 Å². The van der Waals surface area contributed by atoms with E-state index in [1.54, 1.807) is 0 Å². The van der Waals surface area contributed by atoms with E-state index in [4.69, 9.17) is 15.2 Å². The van der Waals surface area contributed by atoms with Gasteiger partial charge in [0.1, 0.15) is 0 Å². The first-order valence-electron chi connectivity index (χ1n) is 6.40. The lowest BCUT2D eigenvalue weighted by Crippen LogP contribution is -2.44. The number of halogens is 1. The van der Waals surface area contributed by atoms with Crippen molar-refractivity contribution in [3.05, 3.63) is 0 Å². The van der Waals surface area contributed by atoms with Gasteiger partial charge >= 0.3 is 0 Å². The van der Waals surface area contributed by atoms with Crippen LogP contribution < -0.4 is 5.73 Å². The molecule has 108 valence electrons. The third-order valence-electron chi connectivity index (χ3n) is 2.68. The number of hydrogen-bond donors (Lipinski definition) is 1. The smallest absolute Gasteiger partial charge is 0.191 e. The van der Waals surface area contributed by atoms with Crippen molar-refractivity contribution in [2.75, 3.05) is 46.1 Å². The van der Waals surface area contributed by atoms with Gasteiger partial charge in [0.25, 0.3) is 0 Å². The molecule has 0 unspecified atom stereocenters. The zero-order valence-electron chi connectivity index (χ0n) is 11.4. The summed E-state index contributed by atoms with van der Waals surface area (Å²) in [6.45, 7) is 9.63. The van der Waals surface area contributed by atoms with E-state index >= 15 is 0 Å². The van der Waals surface area contributed by atoms with Crippen LogP contribution in [0.1, 0.15) is 20.3 Å². The minimum atomic E-state index is 0. The Kier molecular flexibility index (Phi) is 10.8. The molecule has 1 rings (SSSR count). The van der Waals surface area contributed by atoms with Gasteiger partial charge < -0.3 is 20.1 Å². The Morgan fingerprint density at radius 2 is 2.00 bits per heavy atom. The Morgan fingerprint density at radius 1 is 1.33 bits per heavy atom. The highest BCUT2D eigenvalue weighted by Gasteiger charge is 2.11. The second-order valence-corrected chi connectivity index (χ2v) is 4.63. The maximum Gasteiger partial charge on any atom is 0.191 e. The first-order valence-corrected chi connectivity index (χ1v) is 6.40. The SMILES string of the molecule is CC(C)CCOCCN=C(N)N1CCOCC1.I. The number of rotatable bonds is 6. The summed E-state index contributed by atoms with van der Waals surface area (Å²) in [7, 11) is 0. The van der Waals surface area contributed by atoms with Crippen molar-refractivity contribution < 1.29 is 9.47 Å². The van der Waals surface area contributed by atoms with Crippen LogP contribution in [-0.2, 0) is 9.47 Å². The number of nitrogens with two attached hydrogens (primary N) is 1. The van der Waals surface area contributed by atoms with Crippen LogP contribution in [-0.4, -0.2) is 56.9 Å². The second-order valence-electron chi connectivity index (χ2n) is 4.63. The zero-order valence-corrected chi connectivity index (χ0v) is 13.8. The summed E-state index contributed by atoms with van der Waals surface area (Å²) in [5.74, 6) is 1.30. The predicted molar refractivity (Wildman–Crippen MR) is 84.6 cm³/mol. The van der Waals surface area contributed by atoms with Gasteiger partial charge in [0.2, 0.25) is 0 Å². The standard InChI is InChI=1S/C12H25N3O2.HI/c1-11(2)3-7-16-8-4-14-12(13)15-5-9-17-10-6-15;/h11H,3-10H2,1-2H3,(H2,13,14);1H. The summed E-state index contributed by atoms with van der Waals surface area (Å²) in [6.07, 6.45) is 1.10. The molecule has 0 aliphatic carbocycles. The first-order chi connectivity index (χ1) is 8.20. The molecular formula is C12H26IN3O2. The van der Waals surface area contributed by atoms with Crippen molar-refractivity contribution in [3.8, 4) is 0 Å². The van der Waals surface area contributed by atoms with Gasteiger partial charge in [-0.25, -0.2) is 0 Å². The number of nitrogens with zero attached hydrogens (tertiary/aromatic N) is 2. The molecule has 0 saturated carbocycles.